The van der Waals surface area contributed by atoms with Gasteiger partial charge in [0.05, 0.1) is 6.26 Å². The standard InChI is InChI=1S/C13H21N3O2S/c1-11-6-4-8-13(14-11)16-9-5-7-12(10-16)15(2)19(3,17)18/h4,6,8,12H,5,7,9-10H2,1-3H3/t12-/m0/s1. The molecule has 0 aromatic carbocycles. The van der Waals surface area contributed by atoms with Gasteiger partial charge in [-0.25, -0.2) is 17.7 Å². The lowest BCUT2D eigenvalue weighted by atomic mass is 10.1. The molecule has 0 saturated carbocycles. The van der Waals surface area contributed by atoms with Gasteiger partial charge in [-0.2, -0.15) is 0 Å². The molecule has 19 heavy (non-hydrogen) atoms. The number of anilines is 1. The summed E-state index contributed by atoms with van der Waals surface area (Å²) in [4.78, 5) is 6.68. The summed E-state index contributed by atoms with van der Waals surface area (Å²) in [7, 11) is -1.47. The van der Waals surface area contributed by atoms with Crippen molar-refractivity contribution in [2.75, 3.05) is 31.3 Å². The molecule has 0 radical (unpaired) electrons. The Morgan fingerprint density at radius 2 is 2.16 bits per heavy atom. The fourth-order valence-electron chi connectivity index (χ4n) is 2.44. The van der Waals surface area contributed by atoms with Crippen LogP contribution in [0, 0.1) is 6.92 Å². The van der Waals surface area contributed by atoms with E-state index in [-0.39, 0.29) is 6.04 Å². The van der Waals surface area contributed by atoms with Crippen molar-refractivity contribution in [1.82, 2.24) is 9.29 Å². The van der Waals surface area contributed by atoms with Gasteiger partial charge in [0.2, 0.25) is 10.0 Å². The van der Waals surface area contributed by atoms with Gasteiger partial charge in [-0.3, -0.25) is 0 Å². The number of aryl methyl sites for hydroxylation is 1. The van der Waals surface area contributed by atoms with Crippen molar-refractivity contribution in [3.8, 4) is 0 Å². The first kappa shape index (κ1) is 14.3. The average Bonchev–Trinajstić information content (AvgIpc) is 2.37. The van der Waals surface area contributed by atoms with Crippen molar-refractivity contribution in [3.05, 3.63) is 23.9 Å². The molecule has 0 N–H and O–H groups in total. The Kier molecular flexibility index (Phi) is 4.10. The fraction of sp³-hybridized carbons (Fsp3) is 0.615. The molecule has 5 nitrogen and oxygen atoms in total. The molecule has 1 aliphatic heterocycles. The largest absolute Gasteiger partial charge is 0.355 e. The van der Waals surface area contributed by atoms with Gasteiger partial charge in [0, 0.05) is 31.9 Å². The Morgan fingerprint density at radius 1 is 1.42 bits per heavy atom. The second-order valence-electron chi connectivity index (χ2n) is 5.16. The molecular weight excluding hydrogens is 262 g/mol. The number of aromatic nitrogens is 1. The van der Waals surface area contributed by atoms with Crippen LogP contribution in [0.15, 0.2) is 18.2 Å². The minimum atomic E-state index is -3.13. The summed E-state index contributed by atoms with van der Waals surface area (Å²) in [5.74, 6) is 0.937. The zero-order chi connectivity index (χ0) is 14.0. The van der Waals surface area contributed by atoms with E-state index in [4.69, 9.17) is 0 Å². The third-order valence-electron chi connectivity index (χ3n) is 3.63. The summed E-state index contributed by atoms with van der Waals surface area (Å²) >= 11 is 0. The summed E-state index contributed by atoms with van der Waals surface area (Å²) in [5.41, 5.74) is 0.982. The van der Waals surface area contributed by atoms with E-state index in [1.165, 1.54) is 10.6 Å². The van der Waals surface area contributed by atoms with Crippen molar-refractivity contribution in [3.63, 3.8) is 0 Å². The first-order chi connectivity index (χ1) is 8.88. The topological polar surface area (TPSA) is 53.5 Å². The van der Waals surface area contributed by atoms with E-state index in [2.05, 4.69) is 9.88 Å². The lowest BCUT2D eigenvalue weighted by Gasteiger charge is -2.37. The fourth-order valence-corrected chi connectivity index (χ4v) is 3.15. The minimum Gasteiger partial charge on any atom is -0.355 e. The van der Waals surface area contributed by atoms with Crippen LogP contribution in [-0.4, -0.2) is 50.1 Å². The average molecular weight is 283 g/mol. The summed E-state index contributed by atoms with van der Waals surface area (Å²) < 4.78 is 24.7. The molecule has 0 bridgehead atoms. The van der Waals surface area contributed by atoms with Gasteiger partial charge in [-0.05, 0) is 31.9 Å². The highest BCUT2D eigenvalue weighted by Gasteiger charge is 2.28. The van der Waals surface area contributed by atoms with E-state index >= 15 is 0 Å². The molecule has 0 aliphatic carbocycles. The Hall–Kier alpha value is -1.14. The number of nitrogens with zero attached hydrogens (tertiary/aromatic N) is 3. The molecule has 1 aromatic rings. The minimum absolute atomic E-state index is 0.0334. The van der Waals surface area contributed by atoms with Crippen LogP contribution < -0.4 is 4.90 Å². The van der Waals surface area contributed by atoms with Crippen LogP contribution in [0.1, 0.15) is 18.5 Å². The normalized spacial score (nSPS) is 20.8. The molecule has 0 spiro atoms. The lowest BCUT2D eigenvalue weighted by Crippen LogP contribution is -2.48. The van der Waals surface area contributed by atoms with Crippen LogP contribution in [0.3, 0.4) is 0 Å². The zero-order valence-electron chi connectivity index (χ0n) is 11.7. The van der Waals surface area contributed by atoms with Gasteiger partial charge in [-0.1, -0.05) is 6.07 Å². The molecule has 1 atom stereocenters. The van der Waals surface area contributed by atoms with Crippen molar-refractivity contribution in [1.29, 1.82) is 0 Å². The Balaban J connectivity index is 2.13. The van der Waals surface area contributed by atoms with Crippen molar-refractivity contribution in [2.24, 2.45) is 0 Å². The number of likely N-dealkylation sites (N-methyl/N-ethyl adjacent to an activating group) is 1. The maximum absolute atomic E-state index is 11.6. The molecular formula is C13H21N3O2S. The highest BCUT2D eigenvalue weighted by molar-refractivity contribution is 7.88. The summed E-state index contributed by atoms with van der Waals surface area (Å²) in [6, 6.07) is 5.97. The maximum atomic E-state index is 11.6. The number of pyridine rings is 1. The first-order valence-electron chi connectivity index (χ1n) is 6.49. The van der Waals surface area contributed by atoms with E-state index in [9.17, 15) is 8.42 Å². The van der Waals surface area contributed by atoms with Crippen LogP contribution in [0.5, 0.6) is 0 Å². The smallest absolute Gasteiger partial charge is 0.211 e. The molecule has 1 saturated heterocycles. The van der Waals surface area contributed by atoms with E-state index < -0.39 is 10.0 Å². The number of hydrogen-bond acceptors (Lipinski definition) is 4. The first-order valence-corrected chi connectivity index (χ1v) is 8.34. The second kappa shape index (κ2) is 5.46. The number of piperidine rings is 1. The monoisotopic (exact) mass is 283 g/mol. The summed E-state index contributed by atoms with van der Waals surface area (Å²) in [6.45, 7) is 3.61. The van der Waals surface area contributed by atoms with E-state index in [1.54, 1.807) is 7.05 Å². The predicted octanol–water partition coefficient (Wildman–Crippen LogP) is 1.25. The van der Waals surface area contributed by atoms with Crippen LogP contribution in [0.4, 0.5) is 5.82 Å². The summed E-state index contributed by atoms with van der Waals surface area (Å²) in [5, 5.41) is 0. The van der Waals surface area contributed by atoms with Gasteiger partial charge < -0.3 is 4.90 Å². The quantitative estimate of drug-likeness (QED) is 0.838. The van der Waals surface area contributed by atoms with Crippen molar-refractivity contribution >= 4 is 15.8 Å². The van der Waals surface area contributed by atoms with Gasteiger partial charge >= 0.3 is 0 Å². The maximum Gasteiger partial charge on any atom is 0.211 e. The van der Waals surface area contributed by atoms with Crippen LogP contribution in [0.2, 0.25) is 0 Å². The summed E-state index contributed by atoms with van der Waals surface area (Å²) in [6.07, 6.45) is 3.16. The van der Waals surface area contributed by atoms with Crippen molar-refractivity contribution < 1.29 is 8.42 Å². The third kappa shape index (κ3) is 3.45. The van der Waals surface area contributed by atoms with Crippen LogP contribution >= 0.6 is 0 Å². The highest BCUT2D eigenvalue weighted by Crippen LogP contribution is 2.21. The molecule has 0 amide bonds. The van der Waals surface area contributed by atoms with Crippen LogP contribution in [-0.2, 0) is 10.0 Å². The molecule has 2 heterocycles. The van der Waals surface area contributed by atoms with E-state index in [1.807, 2.05) is 25.1 Å². The Labute approximate surface area is 115 Å². The van der Waals surface area contributed by atoms with Crippen molar-refractivity contribution in [2.45, 2.75) is 25.8 Å². The number of sulfonamides is 1. The number of rotatable bonds is 3. The second-order valence-corrected chi connectivity index (χ2v) is 7.20. The zero-order valence-corrected chi connectivity index (χ0v) is 12.5. The Morgan fingerprint density at radius 3 is 2.79 bits per heavy atom. The van der Waals surface area contributed by atoms with Gasteiger partial charge in [0.15, 0.2) is 0 Å². The molecule has 1 aromatic heterocycles. The molecule has 2 rings (SSSR count). The lowest BCUT2D eigenvalue weighted by molar-refractivity contribution is 0.321. The number of hydrogen-bond donors (Lipinski definition) is 0. The predicted molar refractivity (Wildman–Crippen MR) is 76.8 cm³/mol. The van der Waals surface area contributed by atoms with E-state index in [0.29, 0.717) is 6.54 Å². The molecule has 1 aliphatic rings. The van der Waals surface area contributed by atoms with E-state index in [0.717, 1.165) is 30.9 Å². The molecule has 6 heteroatoms. The van der Waals surface area contributed by atoms with Gasteiger partial charge in [-0.15, -0.1) is 0 Å². The van der Waals surface area contributed by atoms with Gasteiger partial charge in [0.1, 0.15) is 5.82 Å². The molecule has 0 unspecified atom stereocenters. The molecule has 106 valence electrons. The highest BCUT2D eigenvalue weighted by atomic mass is 32.2. The van der Waals surface area contributed by atoms with Crippen LogP contribution in [0.25, 0.3) is 0 Å². The Bertz CT molecular complexity index is 545. The SMILES string of the molecule is Cc1cccc(N2CCC[C@H](N(C)S(C)(=O)=O)C2)n1. The third-order valence-corrected chi connectivity index (χ3v) is 4.98. The van der Waals surface area contributed by atoms with Gasteiger partial charge in [0.25, 0.3) is 0 Å². The molecule has 1 fully saturated rings.